The van der Waals surface area contributed by atoms with Crippen LogP contribution in [-0.4, -0.2) is 8.42 Å². The van der Waals surface area contributed by atoms with Gasteiger partial charge in [0.25, 0.3) is 10.0 Å². The molecule has 0 saturated carbocycles. The van der Waals surface area contributed by atoms with Gasteiger partial charge in [-0.2, -0.15) is 0 Å². The highest BCUT2D eigenvalue weighted by molar-refractivity contribution is 7.92. The number of halogens is 3. The van der Waals surface area contributed by atoms with Crippen LogP contribution < -0.4 is 4.72 Å². The summed E-state index contributed by atoms with van der Waals surface area (Å²) in [5.74, 6) is 0. The van der Waals surface area contributed by atoms with Crippen molar-refractivity contribution >= 4 is 50.5 Å². The standard InChI is InChI=1S/C15H12Cl3NO2S/c16-12-7-14(18)15(8-13(12)17)22(20,21)19-11-5-4-9-2-1-3-10(9)6-11/h4-8,19H,1-3H2. The molecule has 0 unspecified atom stereocenters. The highest BCUT2D eigenvalue weighted by atomic mass is 35.5. The van der Waals surface area contributed by atoms with Crippen molar-refractivity contribution < 1.29 is 8.42 Å². The van der Waals surface area contributed by atoms with Crippen molar-refractivity contribution in [3.05, 3.63) is 56.5 Å². The number of fused-ring (bicyclic) bond motifs is 1. The van der Waals surface area contributed by atoms with Gasteiger partial charge in [-0.05, 0) is 54.7 Å². The largest absolute Gasteiger partial charge is 0.280 e. The Morgan fingerprint density at radius 3 is 2.32 bits per heavy atom. The number of nitrogens with one attached hydrogen (secondary N) is 1. The predicted octanol–water partition coefficient (Wildman–Crippen LogP) is 4.94. The minimum absolute atomic E-state index is 0.0306. The maximum atomic E-state index is 12.5. The van der Waals surface area contributed by atoms with Gasteiger partial charge in [-0.1, -0.05) is 40.9 Å². The molecule has 0 aromatic heterocycles. The molecule has 0 amide bonds. The summed E-state index contributed by atoms with van der Waals surface area (Å²) in [4.78, 5) is -0.0935. The maximum absolute atomic E-state index is 12.5. The first kappa shape index (κ1) is 15.9. The number of hydrogen-bond acceptors (Lipinski definition) is 2. The smallest absolute Gasteiger partial charge is 0.263 e. The zero-order chi connectivity index (χ0) is 15.9. The van der Waals surface area contributed by atoms with E-state index in [9.17, 15) is 8.42 Å². The molecule has 0 aliphatic heterocycles. The molecular weight excluding hydrogens is 365 g/mol. The van der Waals surface area contributed by atoms with Crippen molar-refractivity contribution in [3.8, 4) is 0 Å². The fourth-order valence-corrected chi connectivity index (χ4v) is 4.61. The molecule has 1 aliphatic rings. The van der Waals surface area contributed by atoms with Crippen LogP contribution in [0, 0.1) is 0 Å². The first-order valence-corrected chi connectivity index (χ1v) is 9.28. The average Bonchev–Trinajstić information content (AvgIpc) is 2.89. The van der Waals surface area contributed by atoms with E-state index in [1.807, 2.05) is 12.1 Å². The van der Waals surface area contributed by atoms with E-state index in [2.05, 4.69) is 4.72 Å². The Kier molecular flexibility index (Phi) is 4.29. The van der Waals surface area contributed by atoms with Crippen LogP contribution in [-0.2, 0) is 22.9 Å². The number of sulfonamides is 1. The molecule has 1 aliphatic carbocycles. The third-order valence-corrected chi connectivity index (χ3v) is 6.18. The molecule has 2 aromatic carbocycles. The Hall–Kier alpha value is -0.940. The molecule has 0 spiro atoms. The second-order valence-corrected chi connectivity index (χ2v) is 8.01. The van der Waals surface area contributed by atoms with Crippen LogP contribution in [0.4, 0.5) is 5.69 Å². The van der Waals surface area contributed by atoms with Gasteiger partial charge in [-0.25, -0.2) is 8.42 Å². The van der Waals surface area contributed by atoms with Crippen molar-refractivity contribution in [2.45, 2.75) is 24.2 Å². The van der Waals surface area contributed by atoms with Crippen molar-refractivity contribution in [1.82, 2.24) is 0 Å². The topological polar surface area (TPSA) is 46.2 Å². The van der Waals surface area contributed by atoms with Crippen LogP contribution in [0.15, 0.2) is 35.2 Å². The van der Waals surface area contributed by atoms with E-state index >= 15 is 0 Å². The summed E-state index contributed by atoms with van der Waals surface area (Å²) in [6.45, 7) is 0. The Morgan fingerprint density at radius 1 is 0.864 bits per heavy atom. The van der Waals surface area contributed by atoms with Crippen LogP contribution in [0.2, 0.25) is 15.1 Å². The average molecular weight is 377 g/mol. The molecule has 0 radical (unpaired) electrons. The van der Waals surface area contributed by atoms with Crippen LogP contribution in [0.3, 0.4) is 0 Å². The molecule has 7 heteroatoms. The van der Waals surface area contributed by atoms with Crippen LogP contribution >= 0.6 is 34.8 Å². The molecule has 0 atom stereocenters. The Morgan fingerprint density at radius 2 is 1.55 bits per heavy atom. The van der Waals surface area contributed by atoms with Gasteiger partial charge in [0, 0.05) is 5.69 Å². The molecule has 0 saturated heterocycles. The lowest BCUT2D eigenvalue weighted by molar-refractivity contribution is 0.601. The maximum Gasteiger partial charge on any atom is 0.263 e. The highest BCUT2D eigenvalue weighted by Gasteiger charge is 2.21. The number of benzene rings is 2. The number of hydrogen-bond donors (Lipinski definition) is 1. The summed E-state index contributed by atoms with van der Waals surface area (Å²) in [7, 11) is -3.83. The van der Waals surface area contributed by atoms with Gasteiger partial charge in [0.15, 0.2) is 0 Å². The molecular formula is C15H12Cl3NO2S. The second-order valence-electron chi connectivity index (χ2n) is 5.14. The Balaban J connectivity index is 1.96. The molecule has 116 valence electrons. The molecule has 0 bridgehead atoms. The van der Waals surface area contributed by atoms with Crippen molar-refractivity contribution in [1.29, 1.82) is 0 Å². The Bertz CT molecular complexity index is 850. The van der Waals surface area contributed by atoms with E-state index in [4.69, 9.17) is 34.8 Å². The minimum Gasteiger partial charge on any atom is -0.280 e. The molecule has 3 rings (SSSR count). The van der Waals surface area contributed by atoms with Gasteiger partial charge in [0.1, 0.15) is 4.90 Å². The minimum atomic E-state index is -3.83. The number of rotatable bonds is 3. The van der Waals surface area contributed by atoms with E-state index in [0.717, 1.165) is 19.3 Å². The molecule has 0 heterocycles. The van der Waals surface area contributed by atoms with E-state index in [0.29, 0.717) is 5.69 Å². The fourth-order valence-electron chi connectivity index (χ4n) is 2.56. The summed E-state index contributed by atoms with van der Waals surface area (Å²) in [5.41, 5.74) is 2.97. The first-order valence-electron chi connectivity index (χ1n) is 6.66. The summed E-state index contributed by atoms with van der Waals surface area (Å²) >= 11 is 17.7. The van der Waals surface area contributed by atoms with Crippen LogP contribution in [0.1, 0.15) is 17.5 Å². The van der Waals surface area contributed by atoms with Gasteiger partial charge < -0.3 is 0 Å². The molecule has 22 heavy (non-hydrogen) atoms. The third-order valence-electron chi connectivity index (χ3n) is 3.62. The summed E-state index contributed by atoms with van der Waals surface area (Å²) < 4.78 is 27.5. The quantitative estimate of drug-likeness (QED) is 0.771. The van der Waals surface area contributed by atoms with E-state index < -0.39 is 10.0 Å². The lowest BCUT2D eigenvalue weighted by Crippen LogP contribution is -2.13. The van der Waals surface area contributed by atoms with Crippen molar-refractivity contribution in [3.63, 3.8) is 0 Å². The number of aryl methyl sites for hydroxylation is 2. The van der Waals surface area contributed by atoms with Gasteiger partial charge in [-0.15, -0.1) is 0 Å². The monoisotopic (exact) mass is 375 g/mol. The lowest BCUT2D eigenvalue weighted by atomic mass is 10.1. The van der Waals surface area contributed by atoms with Crippen LogP contribution in [0.5, 0.6) is 0 Å². The summed E-state index contributed by atoms with van der Waals surface area (Å²) in [5, 5.41) is 0.381. The SMILES string of the molecule is O=S(=O)(Nc1ccc2c(c1)CCC2)c1cc(Cl)c(Cl)cc1Cl. The number of anilines is 1. The molecule has 2 aromatic rings. The van der Waals surface area contributed by atoms with E-state index in [-0.39, 0.29) is 20.0 Å². The van der Waals surface area contributed by atoms with Crippen LogP contribution in [0.25, 0.3) is 0 Å². The lowest BCUT2D eigenvalue weighted by Gasteiger charge is -2.11. The zero-order valence-electron chi connectivity index (χ0n) is 11.4. The highest BCUT2D eigenvalue weighted by Crippen LogP contribution is 2.33. The zero-order valence-corrected chi connectivity index (χ0v) is 14.5. The Labute approximate surface area is 144 Å². The molecule has 3 nitrogen and oxygen atoms in total. The fraction of sp³-hybridized carbons (Fsp3) is 0.200. The van der Waals surface area contributed by atoms with Gasteiger partial charge in [0.05, 0.1) is 15.1 Å². The van der Waals surface area contributed by atoms with Crippen molar-refractivity contribution in [2.24, 2.45) is 0 Å². The van der Waals surface area contributed by atoms with Crippen molar-refractivity contribution in [2.75, 3.05) is 4.72 Å². The van der Waals surface area contributed by atoms with Gasteiger partial charge >= 0.3 is 0 Å². The predicted molar refractivity (Wildman–Crippen MR) is 90.7 cm³/mol. The first-order chi connectivity index (χ1) is 10.4. The van der Waals surface area contributed by atoms with Gasteiger partial charge in [0.2, 0.25) is 0 Å². The van der Waals surface area contributed by atoms with E-state index in [1.54, 1.807) is 6.07 Å². The summed E-state index contributed by atoms with van der Waals surface area (Å²) in [6.07, 6.45) is 3.11. The van der Waals surface area contributed by atoms with E-state index in [1.165, 1.54) is 23.3 Å². The third kappa shape index (κ3) is 3.06. The molecule has 1 N–H and O–H groups in total. The summed E-state index contributed by atoms with van der Waals surface area (Å²) in [6, 6.07) is 8.15. The van der Waals surface area contributed by atoms with Gasteiger partial charge in [-0.3, -0.25) is 4.72 Å². The molecule has 0 fully saturated rings. The second kappa shape index (κ2) is 5.93. The normalized spacial score (nSPS) is 14.0.